The van der Waals surface area contributed by atoms with Crippen molar-refractivity contribution in [3.63, 3.8) is 0 Å². The van der Waals surface area contributed by atoms with Crippen molar-refractivity contribution in [3.8, 4) is 11.5 Å². The van der Waals surface area contributed by atoms with Gasteiger partial charge in [-0.1, -0.05) is 50.6 Å². The molecule has 1 heterocycles. The molecule has 0 aromatic heterocycles. The molecule has 0 saturated carbocycles. The fourth-order valence-corrected chi connectivity index (χ4v) is 5.86. The number of benzene rings is 3. The van der Waals surface area contributed by atoms with Gasteiger partial charge in [-0.2, -0.15) is 0 Å². The summed E-state index contributed by atoms with van der Waals surface area (Å²) in [6, 6.07) is 18.1. The standard InChI is InChI=1S/C30H36N2O5S/c1-20-7-10-25(11-8-20)38(34,35)32-19-28(37-27-12-9-23(18-26(27)32)30(4,5)6)29(33)31-13-14-36-24-16-21(2)15-22(3)17-24/h7-12,15-18,28H,13-14,19H2,1-6H3,(H,31,33). The molecule has 8 heteroatoms. The number of aryl methyl sites for hydroxylation is 3. The van der Waals surface area contributed by atoms with Crippen molar-refractivity contribution in [2.75, 3.05) is 24.0 Å². The normalized spacial score (nSPS) is 15.4. The monoisotopic (exact) mass is 536 g/mol. The predicted molar refractivity (Wildman–Crippen MR) is 150 cm³/mol. The zero-order chi connectivity index (χ0) is 27.7. The van der Waals surface area contributed by atoms with Gasteiger partial charge in [0.1, 0.15) is 18.1 Å². The van der Waals surface area contributed by atoms with Crippen LogP contribution in [0.1, 0.15) is 43.0 Å². The van der Waals surface area contributed by atoms with Crippen LogP contribution in [0, 0.1) is 20.8 Å². The number of sulfonamides is 1. The molecule has 3 aromatic rings. The fraction of sp³-hybridized carbons (Fsp3) is 0.367. The zero-order valence-electron chi connectivity index (χ0n) is 22.9. The van der Waals surface area contributed by atoms with Gasteiger partial charge in [0.2, 0.25) is 0 Å². The summed E-state index contributed by atoms with van der Waals surface area (Å²) in [5, 5.41) is 2.83. The minimum absolute atomic E-state index is 0.138. The van der Waals surface area contributed by atoms with E-state index in [9.17, 15) is 13.2 Å². The van der Waals surface area contributed by atoms with Gasteiger partial charge in [-0.3, -0.25) is 9.10 Å². The maximum absolute atomic E-state index is 13.8. The number of nitrogens with zero attached hydrogens (tertiary/aromatic N) is 1. The average molecular weight is 537 g/mol. The first-order chi connectivity index (χ1) is 17.8. The van der Waals surface area contributed by atoms with Crippen LogP contribution in [0.4, 0.5) is 5.69 Å². The smallest absolute Gasteiger partial charge is 0.264 e. The van der Waals surface area contributed by atoms with Crippen molar-refractivity contribution in [2.24, 2.45) is 0 Å². The lowest BCUT2D eigenvalue weighted by molar-refractivity contribution is -0.127. The van der Waals surface area contributed by atoms with Gasteiger partial charge in [-0.25, -0.2) is 8.42 Å². The van der Waals surface area contributed by atoms with Crippen LogP contribution in [-0.4, -0.2) is 40.1 Å². The molecule has 0 fully saturated rings. The summed E-state index contributed by atoms with van der Waals surface area (Å²) in [4.78, 5) is 13.3. The van der Waals surface area contributed by atoms with E-state index in [1.165, 1.54) is 4.31 Å². The lowest BCUT2D eigenvalue weighted by Crippen LogP contribution is -2.51. The number of nitrogens with one attached hydrogen (secondary N) is 1. The van der Waals surface area contributed by atoms with Crippen LogP contribution in [0.15, 0.2) is 65.6 Å². The zero-order valence-corrected chi connectivity index (χ0v) is 23.7. The molecule has 3 aromatic carbocycles. The van der Waals surface area contributed by atoms with Crippen molar-refractivity contribution >= 4 is 21.6 Å². The first-order valence-electron chi connectivity index (χ1n) is 12.7. The van der Waals surface area contributed by atoms with Gasteiger partial charge in [0.25, 0.3) is 15.9 Å². The Balaban J connectivity index is 1.55. The summed E-state index contributed by atoms with van der Waals surface area (Å²) in [5.41, 5.74) is 4.36. The SMILES string of the molecule is Cc1ccc(S(=O)(=O)N2CC(C(=O)NCCOc3cc(C)cc(C)c3)Oc3ccc(C(C)(C)C)cc32)cc1. The van der Waals surface area contributed by atoms with E-state index in [2.05, 4.69) is 32.2 Å². The summed E-state index contributed by atoms with van der Waals surface area (Å²) in [7, 11) is -3.94. The van der Waals surface area contributed by atoms with E-state index in [4.69, 9.17) is 9.47 Å². The molecule has 0 saturated heterocycles. The molecule has 1 aliphatic heterocycles. The second-order valence-corrected chi connectivity index (χ2v) is 12.7. The maximum Gasteiger partial charge on any atom is 0.264 e. The Morgan fingerprint density at radius 3 is 2.26 bits per heavy atom. The molecule has 0 aliphatic carbocycles. The number of anilines is 1. The van der Waals surface area contributed by atoms with E-state index < -0.39 is 22.0 Å². The van der Waals surface area contributed by atoms with Gasteiger partial charge in [0, 0.05) is 0 Å². The van der Waals surface area contributed by atoms with Crippen molar-refractivity contribution in [1.82, 2.24) is 5.32 Å². The molecule has 7 nitrogen and oxygen atoms in total. The molecule has 38 heavy (non-hydrogen) atoms. The number of hydrogen-bond donors (Lipinski definition) is 1. The third kappa shape index (κ3) is 6.13. The number of rotatable bonds is 7. The summed E-state index contributed by atoms with van der Waals surface area (Å²) in [6.07, 6.45) is -1.01. The van der Waals surface area contributed by atoms with Crippen molar-refractivity contribution < 1.29 is 22.7 Å². The summed E-state index contributed by atoms with van der Waals surface area (Å²) in [6.45, 7) is 12.5. The van der Waals surface area contributed by atoms with E-state index in [0.29, 0.717) is 11.4 Å². The number of ether oxygens (including phenoxy) is 2. The minimum Gasteiger partial charge on any atom is -0.492 e. The van der Waals surface area contributed by atoms with Gasteiger partial charge in [-0.05, 0) is 79.3 Å². The van der Waals surface area contributed by atoms with E-state index in [-0.39, 0.29) is 30.0 Å². The van der Waals surface area contributed by atoms with Crippen molar-refractivity contribution in [3.05, 3.63) is 82.9 Å². The van der Waals surface area contributed by atoms with Gasteiger partial charge >= 0.3 is 0 Å². The number of hydrogen-bond acceptors (Lipinski definition) is 5. The highest BCUT2D eigenvalue weighted by Gasteiger charge is 2.38. The Bertz CT molecular complexity index is 1410. The molecular weight excluding hydrogens is 500 g/mol. The second kappa shape index (κ2) is 10.7. The molecular formula is C30H36N2O5S. The van der Waals surface area contributed by atoms with Gasteiger partial charge < -0.3 is 14.8 Å². The Morgan fingerprint density at radius 1 is 0.974 bits per heavy atom. The maximum atomic E-state index is 13.8. The first kappa shape index (κ1) is 27.5. The van der Waals surface area contributed by atoms with Crippen LogP contribution in [0.25, 0.3) is 0 Å². The summed E-state index contributed by atoms with van der Waals surface area (Å²) < 4.78 is 40.7. The third-order valence-corrected chi connectivity index (χ3v) is 8.26. The Kier molecular flexibility index (Phi) is 7.74. The highest BCUT2D eigenvalue weighted by Crippen LogP contribution is 2.40. The number of amides is 1. The number of fused-ring (bicyclic) bond motifs is 1. The lowest BCUT2D eigenvalue weighted by Gasteiger charge is -2.36. The van der Waals surface area contributed by atoms with Crippen LogP contribution >= 0.6 is 0 Å². The second-order valence-electron chi connectivity index (χ2n) is 10.9. The fourth-order valence-electron chi connectivity index (χ4n) is 4.39. The van der Waals surface area contributed by atoms with Gasteiger partial charge in [0.15, 0.2) is 6.10 Å². The molecule has 202 valence electrons. The molecule has 1 unspecified atom stereocenters. The van der Waals surface area contributed by atoms with Crippen LogP contribution < -0.4 is 19.1 Å². The average Bonchev–Trinajstić information content (AvgIpc) is 2.84. The van der Waals surface area contributed by atoms with E-state index in [1.807, 2.05) is 45.0 Å². The third-order valence-electron chi connectivity index (χ3n) is 6.46. The quantitative estimate of drug-likeness (QED) is 0.427. The molecule has 1 atom stereocenters. The van der Waals surface area contributed by atoms with E-state index >= 15 is 0 Å². The van der Waals surface area contributed by atoms with Crippen molar-refractivity contribution in [2.45, 2.75) is 58.0 Å². The molecule has 0 spiro atoms. The predicted octanol–water partition coefficient (Wildman–Crippen LogP) is 5.06. The Hall–Kier alpha value is -3.52. The summed E-state index contributed by atoms with van der Waals surface area (Å²) in [5.74, 6) is 0.694. The lowest BCUT2D eigenvalue weighted by atomic mass is 9.86. The molecule has 0 bridgehead atoms. The molecule has 1 N–H and O–H groups in total. The van der Waals surface area contributed by atoms with Gasteiger partial charge in [-0.15, -0.1) is 0 Å². The minimum atomic E-state index is -3.94. The Labute approximate surface area is 225 Å². The van der Waals surface area contributed by atoms with Crippen LogP contribution in [0.3, 0.4) is 0 Å². The van der Waals surface area contributed by atoms with Crippen LogP contribution in [-0.2, 0) is 20.2 Å². The summed E-state index contributed by atoms with van der Waals surface area (Å²) >= 11 is 0. The number of carbonyl (C=O) groups excluding carboxylic acids is 1. The topological polar surface area (TPSA) is 84.9 Å². The van der Waals surface area contributed by atoms with Crippen LogP contribution in [0.2, 0.25) is 0 Å². The Morgan fingerprint density at radius 2 is 1.63 bits per heavy atom. The van der Waals surface area contributed by atoms with Crippen molar-refractivity contribution in [1.29, 1.82) is 0 Å². The first-order valence-corrected chi connectivity index (χ1v) is 14.2. The molecule has 1 aliphatic rings. The molecule has 0 radical (unpaired) electrons. The van der Waals surface area contributed by atoms with Crippen LogP contribution in [0.5, 0.6) is 11.5 Å². The molecule has 1 amide bonds. The van der Waals surface area contributed by atoms with E-state index in [1.54, 1.807) is 30.3 Å². The highest BCUT2D eigenvalue weighted by molar-refractivity contribution is 7.92. The highest BCUT2D eigenvalue weighted by atomic mass is 32.2. The molecule has 4 rings (SSSR count). The van der Waals surface area contributed by atoms with E-state index in [0.717, 1.165) is 28.0 Å². The van der Waals surface area contributed by atoms with Gasteiger partial charge in [0.05, 0.1) is 23.7 Å². The largest absolute Gasteiger partial charge is 0.492 e. The number of carbonyl (C=O) groups is 1.